The lowest BCUT2D eigenvalue weighted by Crippen LogP contribution is -2.43. The van der Waals surface area contributed by atoms with Crippen LogP contribution in [0.25, 0.3) is 0 Å². The van der Waals surface area contributed by atoms with Crippen molar-refractivity contribution in [3.8, 4) is 0 Å². The van der Waals surface area contributed by atoms with E-state index in [0.717, 1.165) is 12.1 Å². The summed E-state index contributed by atoms with van der Waals surface area (Å²) in [4.78, 5) is 24.5. The maximum absolute atomic E-state index is 13.4. The van der Waals surface area contributed by atoms with E-state index in [1.54, 1.807) is 6.92 Å². The Morgan fingerprint density at radius 1 is 1.38 bits per heavy atom. The summed E-state index contributed by atoms with van der Waals surface area (Å²) in [7, 11) is 0. The van der Waals surface area contributed by atoms with Gasteiger partial charge in [-0.15, -0.1) is 0 Å². The van der Waals surface area contributed by atoms with Crippen molar-refractivity contribution in [3.05, 3.63) is 29.8 Å². The number of aliphatic carboxylic acids is 1. The molecule has 2 N–H and O–H groups in total. The largest absolute Gasteiger partial charge is 0.480 e. The molecule has 5 nitrogen and oxygen atoms in total. The van der Waals surface area contributed by atoms with Crippen molar-refractivity contribution in [1.82, 2.24) is 4.90 Å². The highest BCUT2D eigenvalue weighted by Gasteiger charge is 2.37. The highest BCUT2D eigenvalue weighted by molar-refractivity contribution is 5.93. The van der Waals surface area contributed by atoms with Crippen LogP contribution in [0, 0.1) is 17.6 Å². The van der Waals surface area contributed by atoms with E-state index in [4.69, 9.17) is 5.11 Å². The third kappa shape index (κ3) is 3.36. The maximum atomic E-state index is 13.4. The number of carboxylic acid groups (broad SMARTS) is 1. The molecule has 0 aliphatic carbocycles. The topological polar surface area (TPSA) is 69.6 Å². The number of hydrogen-bond donors (Lipinski definition) is 2. The molecule has 1 heterocycles. The zero-order valence-electron chi connectivity index (χ0n) is 11.5. The molecular formula is C14H16F2N2O3. The smallest absolute Gasteiger partial charge is 0.321 e. The number of anilines is 1. The summed E-state index contributed by atoms with van der Waals surface area (Å²) in [5.41, 5.74) is -0.512. The Balaban J connectivity index is 2.04. The summed E-state index contributed by atoms with van der Waals surface area (Å²) < 4.78 is 26.9. The Bertz CT molecular complexity index is 545. The number of halogens is 2. The van der Waals surface area contributed by atoms with E-state index in [2.05, 4.69) is 5.32 Å². The zero-order valence-corrected chi connectivity index (χ0v) is 11.5. The Hall–Kier alpha value is -2.02. The van der Waals surface area contributed by atoms with Gasteiger partial charge in [0.1, 0.15) is 23.4 Å². The fourth-order valence-corrected chi connectivity index (χ4v) is 2.58. The molecule has 2 unspecified atom stereocenters. The fourth-order valence-electron chi connectivity index (χ4n) is 2.58. The number of nitrogens with one attached hydrogen (secondary N) is 1. The van der Waals surface area contributed by atoms with E-state index >= 15 is 0 Å². The van der Waals surface area contributed by atoms with Gasteiger partial charge in [-0.05, 0) is 31.0 Å². The van der Waals surface area contributed by atoms with E-state index in [9.17, 15) is 18.4 Å². The van der Waals surface area contributed by atoms with Crippen LogP contribution in [-0.4, -0.2) is 41.0 Å². The molecule has 0 radical (unpaired) electrons. The van der Waals surface area contributed by atoms with Gasteiger partial charge < -0.3 is 10.4 Å². The quantitative estimate of drug-likeness (QED) is 0.887. The Kier molecular flexibility index (Phi) is 4.52. The summed E-state index contributed by atoms with van der Waals surface area (Å²) in [6, 6.07) is 2.53. The lowest BCUT2D eigenvalue weighted by atomic mass is 10.0. The summed E-state index contributed by atoms with van der Waals surface area (Å²) >= 11 is 0. The second-order valence-electron chi connectivity index (χ2n) is 5.16. The number of nitrogens with zero attached hydrogens (tertiary/aromatic N) is 1. The van der Waals surface area contributed by atoms with Crippen LogP contribution < -0.4 is 5.32 Å². The highest BCUT2D eigenvalue weighted by Crippen LogP contribution is 2.24. The minimum Gasteiger partial charge on any atom is -0.480 e. The molecule has 1 amide bonds. The molecule has 1 saturated heterocycles. The van der Waals surface area contributed by atoms with Crippen molar-refractivity contribution in [2.45, 2.75) is 19.4 Å². The number of carbonyl (C=O) groups excluding carboxylic acids is 1. The van der Waals surface area contributed by atoms with E-state index in [1.807, 2.05) is 0 Å². The molecule has 1 aromatic rings. The Labute approximate surface area is 120 Å². The number of benzene rings is 1. The summed E-state index contributed by atoms with van der Waals surface area (Å²) in [6.07, 6.45) is 0.665. The van der Waals surface area contributed by atoms with Gasteiger partial charge in [-0.25, -0.2) is 8.78 Å². The van der Waals surface area contributed by atoms with Crippen LogP contribution in [0.4, 0.5) is 14.5 Å². The van der Waals surface area contributed by atoms with E-state index < -0.39 is 35.2 Å². The van der Waals surface area contributed by atoms with Gasteiger partial charge >= 0.3 is 5.97 Å². The fraction of sp³-hybridized carbons (Fsp3) is 0.429. The Morgan fingerprint density at radius 3 is 2.57 bits per heavy atom. The van der Waals surface area contributed by atoms with Gasteiger partial charge in [0.15, 0.2) is 0 Å². The van der Waals surface area contributed by atoms with Crippen LogP contribution in [0.15, 0.2) is 18.2 Å². The van der Waals surface area contributed by atoms with Crippen LogP contribution in [0.1, 0.15) is 13.3 Å². The molecule has 7 heteroatoms. The average Bonchev–Trinajstić information content (AvgIpc) is 2.75. The number of para-hydroxylation sites is 1. The van der Waals surface area contributed by atoms with Crippen molar-refractivity contribution >= 4 is 17.6 Å². The molecule has 1 aliphatic heterocycles. The number of carbonyl (C=O) groups is 2. The predicted molar refractivity (Wildman–Crippen MR) is 71.8 cm³/mol. The van der Waals surface area contributed by atoms with Crippen molar-refractivity contribution < 1.29 is 23.5 Å². The lowest BCUT2D eigenvalue weighted by molar-refractivity contribution is -0.143. The first-order chi connectivity index (χ1) is 9.90. The SMILES string of the molecule is CC1CCN(CC(=O)Nc2c(F)cccc2F)C1C(=O)O. The third-order valence-electron chi connectivity index (χ3n) is 3.63. The van der Waals surface area contributed by atoms with Crippen LogP contribution in [0.3, 0.4) is 0 Å². The second-order valence-corrected chi connectivity index (χ2v) is 5.16. The van der Waals surface area contributed by atoms with Gasteiger partial charge in [0.2, 0.25) is 5.91 Å². The maximum Gasteiger partial charge on any atom is 0.321 e. The number of likely N-dealkylation sites (tertiary alicyclic amines) is 1. The molecule has 2 atom stereocenters. The van der Waals surface area contributed by atoms with Gasteiger partial charge in [-0.1, -0.05) is 13.0 Å². The highest BCUT2D eigenvalue weighted by atomic mass is 19.1. The molecule has 1 aromatic carbocycles. The predicted octanol–water partition coefficient (Wildman–Crippen LogP) is 1.70. The van der Waals surface area contributed by atoms with Gasteiger partial charge in [0, 0.05) is 0 Å². The molecule has 114 valence electrons. The molecule has 1 fully saturated rings. The molecule has 0 bridgehead atoms. The normalized spacial score (nSPS) is 22.2. The van der Waals surface area contributed by atoms with E-state index in [1.165, 1.54) is 11.0 Å². The summed E-state index contributed by atoms with van der Waals surface area (Å²) in [6.45, 7) is 2.05. The minimum atomic E-state index is -0.995. The molecule has 2 rings (SSSR count). The van der Waals surface area contributed by atoms with Gasteiger partial charge in [-0.3, -0.25) is 14.5 Å². The monoisotopic (exact) mass is 298 g/mol. The summed E-state index contributed by atoms with van der Waals surface area (Å²) in [5.74, 6) is -3.44. The first-order valence-electron chi connectivity index (χ1n) is 6.61. The third-order valence-corrected chi connectivity index (χ3v) is 3.63. The Morgan fingerprint density at radius 2 is 2.00 bits per heavy atom. The standard InChI is InChI=1S/C14H16F2N2O3/c1-8-5-6-18(13(8)14(20)21)7-11(19)17-12-9(15)3-2-4-10(12)16/h2-4,8,13H,5-7H2,1H3,(H,17,19)(H,20,21). The van der Waals surface area contributed by atoms with Gasteiger partial charge in [-0.2, -0.15) is 0 Å². The molecule has 0 saturated carbocycles. The number of amides is 1. The molecular weight excluding hydrogens is 282 g/mol. The van der Waals surface area contributed by atoms with Crippen molar-refractivity contribution in [2.75, 3.05) is 18.4 Å². The van der Waals surface area contributed by atoms with Crippen LogP contribution in [0.2, 0.25) is 0 Å². The van der Waals surface area contributed by atoms with Gasteiger partial charge in [0.25, 0.3) is 0 Å². The lowest BCUT2D eigenvalue weighted by Gasteiger charge is -2.22. The molecule has 0 aromatic heterocycles. The number of hydrogen-bond acceptors (Lipinski definition) is 3. The van der Waals surface area contributed by atoms with Crippen molar-refractivity contribution in [2.24, 2.45) is 5.92 Å². The van der Waals surface area contributed by atoms with Crippen LogP contribution >= 0.6 is 0 Å². The molecule has 21 heavy (non-hydrogen) atoms. The van der Waals surface area contributed by atoms with Crippen molar-refractivity contribution in [1.29, 1.82) is 0 Å². The average molecular weight is 298 g/mol. The van der Waals surface area contributed by atoms with Crippen molar-refractivity contribution in [3.63, 3.8) is 0 Å². The van der Waals surface area contributed by atoms with E-state index in [0.29, 0.717) is 13.0 Å². The minimum absolute atomic E-state index is 0.0690. The van der Waals surface area contributed by atoms with Crippen LogP contribution in [0.5, 0.6) is 0 Å². The molecule has 1 aliphatic rings. The number of rotatable bonds is 4. The van der Waals surface area contributed by atoms with E-state index in [-0.39, 0.29) is 12.5 Å². The second kappa shape index (κ2) is 6.17. The first kappa shape index (κ1) is 15.4. The number of carboxylic acids is 1. The summed E-state index contributed by atoms with van der Waals surface area (Å²) in [5, 5.41) is 11.3. The van der Waals surface area contributed by atoms with Crippen LogP contribution in [-0.2, 0) is 9.59 Å². The zero-order chi connectivity index (χ0) is 15.6. The first-order valence-corrected chi connectivity index (χ1v) is 6.61. The molecule has 0 spiro atoms. The van der Waals surface area contributed by atoms with Gasteiger partial charge in [0.05, 0.1) is 6.54 Å².